The number of carbonyl (C=O) groups is 2. The Kier molecular flexibility index (Phi) is 2.36. The first-order chi connectivity index (χ1) is 8.59. The summed E-state index contributed by atoms with van der Waals surface area (Å²) in [5.74, 6) is -1.39. The van der Waals surface area contributed by atoms with Crippen molar-refractivity contribution in [1.82, 2.24) is 9.55 Å². The number of aromatic nitrogens is 2. The van der Waals surface area contributed by atoms with Crippen LogP contribution in [-0.2, 0) is 4.79 Å². The zero-order valence-electron chi connectivity index (χ0n) is 9.98. The van der Waals surface area contributed by atoms with Crippen molar-refractivity contribution in [3.05, 3.63) is 30.4 Å². The fourth-order valence-electron chi connectivity index (χ4n) is 3.27. The first-order valence-electron chi connectivity index (χ1n) is 6.05. The Morgan fingerprint density at radius 3 is 2.56 bits per heavy atom. The lowest BCUT2D eigenvalue weighted by Gasteiger charge is -2.23. The van der Waals surface area contributed by atoms with E-state index >= 15 is 0 Å². The highest BCUT2D eigenvalue weighted by molar-refractivity contribution is 5.88. The van der Waals surface area contributed by atoms with Gasteiger partial charge in [-0.1, -0.05) is 12.2 Å². The van der Waals surface area contributed by atoms with Crippen molar-refractivity contribution >= 4 is 11.9 Å². The molecule has 1 aromatic heterocycles. The SMILES string of the molecule is Cc1nccn1C(=O)[C@@H]1[C@H](C(=O)O)[C@H]2C=C[C@H]1C2. The Morgan fingerprint density at radius 1 is 1.33 bits per heavy atom. The van der Waals surface area contributed by atoms with E-state index < -0.39 is 17.8 Å². The van der Waals surface area contributed by atoms with Gasteiger partial charge in [0.05, 0.1) is 11.8 Å². The molecule has 0 saturated heterocycles. The van der Waals surface area contributed by atoms with Gasteiger partial charge >= 0.3 is 5.97 Å². The predicted octanol–water partition coefficient (Wildman–Crippen LogP) is 1.35. The van der Waals surface area contributed by atoms with Gasteiger partial charge in [-0.3, -0.25) is 14.2 Å². The minimum absolute atomic E-state index is 0.00489. The van der Waals surface area contributed by atoms with Gasteiger partial charge in [0.1, 0.15) is 5.82 Å². The molecule has 1 aromatic rings. The Balaban J connectivity index is 1.96. The zero-order chi connectivity index (χ0) is 12.9. The molecule has 5 heteroatoms. The fraction of sp³-hybridized carbons (Fsp3) is 0.462. The molecule has 1 heterocycles. The Labute approximate surface area is 104 Å². The summed E-state index contributed by atoms with van der Waals surface area (Å²) in [7, 11) is 0. The van der Waals surface area contributed by atoms with Crippen molar-refractivity contribution in [2.24, 2.45) is 23.7 Å². The van der Waals surface area contributed by atoms with E-state index in [0.29, 0.717) is 5.82 Å². The molecule has 1 N–H and O–H groups in total. The van der Waals surface area contributed by atoms with Gasteiger partial charge in [0, 0.05) is 12.4 Å². The van der Waals surface area contributed by atoms with Crippen LogP contribution in [0.5, 0.6) is 0 Å². The van der Waals surface area contributed by atoms with Gasteiger partial charge in [-0.25, -0.2) is 4.98 Å². The summed E-state index contributed by atoms with van der Waals surface area (Å²) < 4.78 is 1.47. The third-order valence-corrected chi connectivity index (χ3v) is 4.09. The second-order valence-electron chi connectivity index (χ2n) is 5.02. The summed E-state index contributed by atoms with van der Waals surface area (Å²) in [6.07, 6.45) is 7.87. The Bertz CT molecular complexity index is 546. The molecule has 2 bridgehead atoms. The second kappa shape index (κ2) is 3.80. The average Bonchev–Trinajstić information content (AvgIpc) is 3.01. The van der Waals surface area contributed by atoms with E-state index in [2.05, 4.69) is 4.98 Å². The molecule has 0 amide bonds. The van der Waals surface area contributed by atoms with Crippen molar-refractivity contribution in [2.45, 2.75) is 13.3 Å². The first kappa shape index (κ1) is 11.2. The number of imidazole rings is 1. The highest BCUT2D eigenvalue weighted by Gasteiger charge is 2.52. The number of carboxylic acid groups (broad SMARTS) is 1. The van der Waals surface area contributed by atoms with Crippen LogP contribution in [-0.4, -0.2) is 26.5 Å². The van der Waals surface area contributed by atoms with Crippen LogP contribution in [0.3, 0.4) is 0 Å². The van der Waals surface area contributed by atoms with Crippen LogP contribution in [0.4, 0.5) is 0 Å². The number of hydrogen-bond acceptors (Lipinski definition) is 3. The molecule has 2 aliphatic rings. The lowest BCUT2D eigenvalue weighted by atomic mass is 9.82. The lowest BCUT2D eigenvalue weighted by Crippen LogP contribution is -2.36. The molecular formula is C13H14N2O3. The van der Waals surface area contributed by atoms with Gasteiger partial charge in [-0.15, -0.1) is 0 Å². The molecule has 2 aliphatic carbocycles. The zero-order valence-corrected chi connectivity index (χ0v) is 9.98. The molecule has 0 spiro atoms. The van der Waals surface area contributed by atoms with E-state index in [1.54, 1.807) is 19.3 Å². The van der Waals surface area contributed by atoms with Crippen molar-refractivity contribution in [3.8, 4) is 0 Å². The van der Waals surface area contributed by atoms with Gasteiger partial charge in [-0.2, -0.15) is 0 Å². The van der Waals surface area contributed by atoms with E-state index in [9.17, 15) is 14.7 Å². The van der Waals surface area contributed by atoms with Crippen molar-refractivity contribution < 1.29 is 14.7 Å². The smallest absolute Gasteiger partial charge is 0.307 e. The summed E-state index contributed by atoms with van der Waals surface area (Å²) in [5, 5.41) is 9.31. The van der Waals surface area contributed by atoms with E-state index in [1.807, 2.05) is 12.2 Å². The monoisotopic (exact) mass is 246 g/mol. The van der Waals surface area contributed by atoms with Gasteiger partial charge in [-0.05, 0) is 25.2 Å². The quantitative estimate of drug-likeness (QED) is 0.799. The summed E-state index contributed by atoms with van der Waals surface area (Å²) in [6.45, 7) is 1.75. The highest BCUT2D eigenvalue weighted by atomic mass is 16.4. The maximum absolute atomic E-state index is 12.5. The van der Waals surface area contributed by atoms with Gasteiger partial charge in [0.25, 0.3) is 0 Å². The summed E-state index contributed by atoms with van der Waals surface area (Å²) in [6, 6.07) is 0. The molecule has 0 aliphatic heterocycles. The van der Waals surface area contributed by atoms with E-state index in [-0.39, 0.29) is 17.7 Å². The number of aryl methyl sites for hydroxylation is 1. The molecule has 3 rings (SSSR count). The molecule has 1 saturated carbocycles. The molecule has 4 atom stereocenters. The summed E-state index contributed by atoms with van der Waals surface area (Å²) in [4.78, 5) is 27.8. The standard InChI is InChI=1S/C13H14N2O3/c1-7-14-4-5-15(7)12(16)10-8-2-3-9(6-8)11(10)13(17)18/h2-5,8-11H,6H2,1H3,(H,17,18)/t8-,9-,10-,11+/m0/s1. The number of allylic oxidation sites excluding steroid dienone is 2. The van der Waals surface area contributed by atoms with Crippen LogP contribution in [0.15, 0.2) is 24.5 Å². The third kappa shape index (κ3) is 1.43. The largest absolute Gasteiger partial charge is 0.481 e. The third-order valence-electron chi connectivity index (χ3n) is 4.09. The molecule has 0 radical (unpaired) electrons. The normalized spacial score (nSPS) is 32.9. The lowest BCUT2D eigenvalue weighted by molar-refractivity contribution is -0.143. The molecule has 0 aromatic carbocycles. The Morgan fingerprint density at radius 2 is 2.00 bits per heavy atom. The molecule has 5 nitrogen and oxygen atoms in total. The van der Waals surface area contributed by atoms with Crippen LogP contribution >= 0.6 is 0 Å². The van der Waals surface area contributed by atoms with Crippen LogP contribution in [0.1, 0.15) is 17.0 Å². The Hall–Kier alpha value is -1.91. The number of aliphatic carboxylic acids is 1. The molecular weight excluding hydrogens is 232 g/mol. The van der Waals surface area contributed by atoms with Crippen molar-refractivity contribution in [2.75, 3.05) is 0 Å². The maximum Gasteiger partial charge on any atom is 0.307 e. The van der Waals surface area contributed by atoms with Crippen LogP contribution in [0.2, 0.25) is 0 Å². The van der Waals surface area contributed by atoms with Crippen LogP contribution < -0.4 is 0 Å². The second-order valence-corrected chi connectivity index (χ2v) is 5.02. The number of carboxylic acids is 1. The summed E-state index contributed by atoms with van der Waals surface area (Å²) >= 11 is 0. The van der Waals surface area contributed by atoms with Gasteiger partial charge < -0.3 is 5.11 Å². The fourth-order valence-corrected chi connectivity index (χ4v) is 3.27. The average molecular weight is 246 g/mol. The number of rotatable bonds is 2. The molecule has 0 unspecified atom stereocenters. The van der Waals surface area contributed by atoms with Crippen molar-refractivity contribution in [3.63, 3.8) is 0 Å². The van der Waals surface area contributed by atoms with Crippen LogP contribution in [0.25, 0.3) is 0 Å². The number of nitrogens with zero attached hydrogens (tertiary/aromatic N) is 2. The highest BCUT2D eigenvalue weighted by Crippen LogP contribution is 2.48. The summed E-state index contributed by atoms with van der Waals surface area (Å²) in [5.41, 5.74) is 0. The van der Waals surface area contributed by atoms with E-state index in [1.165, 1.54) is 4.57 Å². The first-order valence-corrected chi connectivity index (χ1v) is 6.05. The van der Waals surface area contributed by atoms with Gasteiger partial charge in [0.15, 0.2) is 0 Å². The topological polar surface area (TPSA) is 72.2 Å². The van der Waals surface area contributed by atoms with Crippen molar-refractivity contribution in [1.29, 1.82) is 0 Å². The van der Waals surface area contributed by atoms with Crippen LogP contribution in [0, 0.1) is 30.6 Å². The number of fused-ring (bicyclic) bond motifs is 2. The maximum atomic E-state index is 12.5. The van der Waals surface area contributed by atoms with E-state index in [0.717, 1.165) is 6.42 Å². The van der Waals surface area contributed by atoms with E-state index in [4.69, 9.17) is 0 Å². The minimum atomic E-state index is -0.872. The number of carbonyl (C=O) groups excluding carboxylic acids is 1. The predicted molar refractivity (Wildman–Crippen MR) is 62.9 cm³/mol. The van der Waals surface area contributed by atoms with Gasteiger partial charge in [0.2, 0.25) is 5.91 Å². The molecule has 94 valence electrons. The number of hydrogen-bond donors (Lipinski definition) is 1. The minimum Gasteiger partial charge on any atom is -0.481 e. The molecule has 18 heavy (non-hydrogen) atoms. The molecule has 1 fully saturated rings.